The van der Waals surface area contributed by atoms with Crippen LogP contribution in [0.3, 0.4) is 0 Å². The Kier molecular flexibility index (Phi) is 3.93. The van der Waals surface area contributed by atoms with Crippen molar-refractivity contribution < 1.29 is 9.26 Å². The largest absolute Gasteiger partial charge is 0.368 e. The van der Waals surface area contributed by atoms with Gasteiger partial charge in [0.1, 0.15) is 6.10 Å². The highest BCUT2D eigenvalue weighted by Crippen LogP contribution is 2.36. The van der Waals surface area contributed by atoms with Gasteiger partial charge in [-0.3, -0.25) is 4.68 Å². The summed E-state index contributed by atoms with van der Waals surface area (Å²) in [7, 11) is 0. The predicted octanol–water partition coefficient (Wildman–Crippen LogP) is 3.09. The number of nitrogens with zero attached hydrogens (tertiary/aromatic N) is 4. The highest BCUT2D eigenvalue weighted by atomic mass is 16.5. The summed E-state index contributed by atoms with van der Waals surface area (Å²) in [6.07, 6.45) is 10.9. The minimum Gasteiger partial charge on any atom is -0.368 e. The van der Waals surface area contributed by atoms with E-state index in [-0.39, 0.29) is 6.10 Å². The average molecular weight is 302 g/mol. The van der Waals surface area contributed by atoms with Crippen LogP contribution in [0.4, 0.5) is 0 Å². The number of aromatic nitrogens is 4. The predicted molar refractivity (Wildman–Crippen MR) is 79.2 cm³/mol. The molecule has 0 bridgehead atoms. The lowest BCUT2D eigenvalue weighted by atomic mass is 9.89. The Bertz CT molecular complexity index is 589. The third-order valence-corrected chi connectivity index (χ3v) is 4.87. The van der Waals surface area contributed by atoms with Crippen LogP contribution in [-0.4, -0.2) is 26.5 Å². The van der Waals surface area contributed by atoms with E-state index >= 15 is 0 Å². The fourth-order valence-electron chi connectivity index (χ4n) is 3.63. The molecule has 2 atom stereocenters. The Morgan fingerprint density at radius 1 is 1.18 bits per heavy atom. The molecule has 2 aliphatic rings. The monoisotopic (exact) mass is 302 g/mol. The van der Waals surface area contributed by atoms with Crippen LogP contribution in [0.15, 0.2) is 23.0 Å². The molecule has 0 amide bonds. The zero-order valence-electron chi connectivity index (χ0n) is 12.7. The summed E-state index contributed by atoms with van der Waals surface area (Å²) in [5, 5.41) is 8.51. The third kappa shape index (κ3) is 2.79. The zero-order chi connectivity index (χ0) is 14.8. The van der Waals surface area contributed by atoms with Gasteiger partial charge in [-0.05, 0) is 25.3 Å². The second kappa shape index (κ2) is 6.20. The van der Waals surface area contributed by atoms with Gasteiger partial charge >= 0.3 is 0 Å². The van der Waals surface area contributed by atoms with Crippen molar-refractivity contribution in [1.29, 1.82) is 0 Å². The van der Waals surface area contributed by atoms with Gasteiger partial charge in [-0.15, -0.1) is 0 Å². The van der Waals surface area contributed by atoms with Gasteiger partial charge in [0.15, 0.2) is 5.82 Å². The van der Waals surface area contributed by atoms with E-state index in [2.05, 4.69) is 15.2 Å². The van der Waals surface area contributed by atoms with E-state index in [1.165, 1.54) is 32.1 Å². The zero-order valence-corrected chi connectivity index (χ0v) is 12.7. The maximum absolute atomic E-state index is 5.86. The molecule has 22 heavy (non-hydrogen) atoms. The molecule has 4 rings (SSSR count). The molecule has 0 spiro atoms. The van der Waals surface area contributed by atoms with Gasteiger partial charge in [-0.25, -0.2) is 0 Å². The fraction of sp³-hybridized carbons (Fsp3) is 0.688. The van der Waals surface area contributed by atoms with Crippen LogP contribution in [0.2, 0.25) is 0 Å². The van der Waals surface area contributed by atoms with Gasteiger partial charge in [0.25, 0.3) is 5.89 Å². The van der Waals surface area contributed by atoms with Crippen molar-refractivity contribution in [1.82, 2.24) is 19.9 Å². The molecule has 1 aliphatic carbocycles. The van der Waals surface area contributed by atoms with E-state index in [0.717, 1.165) is 25.4 Å². The summed E-state index contributed by atoms with van der Waals surface area (Å²) < 4.78 is 13.3. The number of hydrogen-bond acceptors (Lipinski definition) is 5. The van der Waals surface area contributed by atoms with Crippen LogP contribution in [0.1, 0.15) is 62.3 Å². The Hall–Kier alpha value is -1.69. The van der Waals surface area contributed by atoms with E-state index in [1.807, 2.05) is 16.9 Å². The molecule has 1 aliphatic heterocycles. The molecular formula is C16H22N4O2. The van der Waals surface area contributed by atoms with Crippen molar-refractivity contribution in [2.45, 2.75) is 57.1 Å². The Morgan fingerprint density at radius 3 is 2.91 bits per heavy atom. The van der Waals surface area contributed by atoms with Gasteiger partial charge in [0.05, 0.1) is 0 Å². The second-order valence-electron chi connectivity index (χ2n) is 6.39. The van der Waals surface area contributed by atoms with Crippen molar-refractivity contribution in [2.24, 2.45) is 5.92 Å². The lowest BCUT2D eigenvalue weighted by Gasteiger charge is -2.17. The van der Waals surface area contributed by atoms with Crippen LogP contribution in [0.5, 0.6) is 0 Å². The van der Waals surface area contributed by atoms with Gasteiger partial charge < -0.3 is 9.26 Å². The van der Waals surface area contributed by atoms with Crippen molar-refractivity contribution in [3.63, 3.8) is 0 Å². The molecule has 0 radical (unpaired) electrons. The smallest absolute Gasteiger partial charge is 0.256 e. The molecule has 6 nitrogen and oxygen atoms in total. The highest BCUT2D eigenvalue weighted by molar-refractivity contribution is 5.00. The topological polar surface area (TPSA) is 66.0 Å². The summed E-state index contributed by atoms with van der Waals surface area (Å²) in [6.45, 7) is 1.58. The Labute approximate surface area is 129 Å². The van der Waals surface area contributed by atoms with Crippen molar-refractivity contribution >= 4 is 0 Å². The van der Waals surface area contributed by atoms with Crippen LogP contribution >= 0.6 is 0 Å². The minimum atomic E-state index is -0.0889. The molecule has 2 fully saturated rings. The molecule has 1 saturated carbocycles. The molecule has 2 aromatic heterocycles. The molecular weight excluding hydrogens is 280 g/mol. The van der Waals surface area contributed by atoms with Crippen molar-refractivity contribution in [3.05, 3.63) is 30.2 Å². The standard InChI is InChI=1S/C16H22N4O2/c1-2-5-12(6-3-1)15-18-16(22-19-15)14-13(7-10-21-14)11-20-9-4-8-17-20/h4,8-9,12-14H,1-3,5-7,10-11H2/t13-,14-/m0/s1. The maximum Gasteiger partial charge on any atom is 0.256 e. The van der Waals surface area contributed by atoms with E-state index in [4.69, 9.17) is 9.26 Å². The summed E-state index contributed by atoms with van der Waals surface area (Å²) in [5.74, 6) is 2.34. The number of hydrogen-bond donors (Lipinski definition) is 0. The van der Waals surface area contributed by atoms with Crippen LogP contribution in [0, 0.1) is 5.92 Å². The van der Waals surface area contributed by atoms with E-state index in [9.17, 15) is 0 Å². The molecule has 6 heteroatoms. The van der Waals surface area contributed by atoms with Crippen molar-refractivity contribution in [2.75, 3.05) is 6.61 Å². The summed E-state index contributed by atoms with van der Waals surface area (Å²) >= 11 is 0. The summed E-state index contributed by atoms with van der Waals surface area (Å²) in [6, 6.07) is 1.94. The fourth-order valence-corrected chi connectivity index (χ4v) is 3.63. The second-order valence-corrected chi connectivity index (χ2v) is 6.39. The highest BCUT2D eigenvalue weighted by Gasteiger charge is 2.35. The van der Waals surface area contributed by atoms with Gasteiger partial charge in [0, 0.05) is 37.4 Å². The lowest BCUT2D eigenvalue weighted by molar-refractivity contribution is 0.0578. The molecule has 0 aromatic carbocycles. The van der Waals surface area contributed by atoms with Gasteiger partial charge in [-0.2, -0.15) is 10.1 Å². The van der Waals surface area contributed by atoms with Gasteiger partial charge in [-0.1, -0.05) is 24.4 Å². The summed E-state index contributed by atoms with van der Waals surface area (Å²) in [5.41, 5.74) is 0. The average Bonchev–Trinajstić information content (AvgIpc) is 3.30. The van der Waals surface area contributed by atoms with Crippen LogP contribution in [-0.2, 0) is 11.3 Å². The first-order valence-electron chi connectivity index (χ1n) is 8.32. The van der Waals surface area contributed by atoms with E-state index in [0.29, 0.717) is 17.7 Å². The van der Waals surface area contributed by atoms with Crippen molar-refractivity contribution in [3.8, 4) is 0 Å². The normalized spacial score (nSPS) is 26.5. The SMILES string of the molecule is c1cnn(C[C@@H]2CCO[C@@H]2c2nc(C3CCCCC3)no2)c1. The molecule has 0 unspecified atom stereocenters. The van der Waals surface area contributed by atoms with E-state index in [1.54, 1.807) is 6.20 Å². The molecule has 1 saturated heterocycles. The van der Waals surface area contributed by atoms with Crippen LogP contribution < -0.4 is 0 Å². The number of ether oxygens (including phenoxy) is 1. The van der Waals surface area contributed by atoms with Crippen LogP contribution in [0.25, 0.3) is 0 Å². The number of rotatable bonds is 4. The summed E-state index contributed by atoms with van der Waals surface area (Å²) in [4.78, 5) is 4.66. The minimum absolute atomic E-state index is 0.0889. The lowest BCUT2D eigenvalue weighted by Crippen LogP contribution is -2.15. The molecule has 118 valence electrons. The maximum atomic E-state index is 5.86. The molecule has 0 N–H and O–H groups in total. The Morgan fingerprint density at radius 2 is 2.09 bits per heavy atom. The first-order valence-corrected chi connectivity index (χ1v) is 8.32. The first-order chi connectivity index (χ1) is 10.9. The van der Waals surface area contributed by atoms with Gasteiger partial charge in [0.2, 0.25) is 0 Å². The quantitative estimate of drug-likeness (QED) is 0.868. The molecule has 2 aromatic rings. The molecule has 3 heterocycles. The third-order valence-electron chi connectivity index (χ3n) is 4.87. The first kappa shape index (κ1) is 13.9. The van der Waals surface area contributed by atoms with E-state index < -0.39 is 0 Å². The Balaban J connectivity index is 1.47.